The Labute approximate surface area is 198 Å². The molecule has 0 bridgehead atoms. The van der Waals surface area contributed by atoms with Crippen molar-refractivity contribution in [3.8, 4) is 11.5 Å². The third-order valence-electron chi connectivity index (χ3n) is 5.28. The number of benzene rings is 4. The summed E-state index contributed by atoms with van der Waals surface area (Å²) >= 11 is 0. The van der Waals surface area contributed by atoms with Gasteiger partial charge in [0.25, 0.3) is 0 Å². The van der Waals surface area contributed by atoms with E-state index in [0.29, 0.717) is 34.8 Å². The lowest BCUT2D eigenvalue weighted by atomic mass is 9.99. The summed E-state index contributed by atoms with van der Waals surface area (Å²) < 4.78 is 16.8. The second-order valence-electron chi connectivity index (χ2n) is 7.56. The van der Waals surface area contributed by atoms with Crippen molar-refractivity contribution in [3.63, 3.8) is 0 Å². The number of hydrogen-bond acceptors (Lipinski definition) is 5. The Bertz CT molecular complexity index is 1230. The highest BCUT2D eigenvalue weighted by Crippen LogP contribution is 2.27. The molecule has 0 N–H and O–H groups in total. The smallest absolute Gasteiger partial charge is 0.339 e. The normalized spacial score (nSPS) is 11.3. The summed E-state index contributed by atoms with van der Waals surface area (Å²) in [5.74, 6) is 0.439. The van der Waals surface area contributed by atoms with Crippen LogP contribution in [0.25, 0.3) is 0 Å². The maximum atomic E-state index is 13.1. The quantitative estimate of drug-likeness (QED) is 0.228. The molecule has 0 unspecified atom stereocenters. The van der Waals surface area contributed by atoms with E-state index in [4.69, 9.17) is 14.2 Å². The first kappa shape index (κ1) is 22.8. The molecule has 0 aliphatic rings. The zero-order valence-corrected chi connectivity index (χ0v) is 18.7. The number of ketones is 1. The van der Waals surface area contributed by atoms with E-state index in [1.54, 1.807) is 67.8 Å². The molecule has 1 atom stereocenters. The van der Waals surface area contributed by atoms with Crippen LogP contribution in [-0.4, -0.2) is 18.9 Å². The van der Waals surface area contributed by atoms with E-state index in [1.807, 2.05) is 48.5 Å². The second kappa shape index (κ2) is 11.0. The van der Waals surface area contributed by atoms with Crippen molar-refractivity contribution in [3.05, 3.63) is 131 Å². The van der Waals surface area contributed by atoms with Crippen LogP contribution in [0.5, 0.6) is 11.5 Å². The molecule has 0 amide bonds. The average molecular weight is 453 g/mol. The zero-order chi connectivity index (χ0) is 23.8. The summed E-state index contributed by atoms with van der Waals surface area (Å²) in [4.78, 5) is 26.1. The fraction of sp³-hybridized carbons (Fsp3) is 0.103. The van der Waals surface area contributed by atoms with Crippen molar-refractivity contribution in [2.24, 2.45) is 0 Å². The van der Waals surface area contributed by atoms with E-state index in [1.165, 1.54) is 0 Å². The van der Waals surface area contributed by atoms with Gasteiger partial charge in [0.2, 0.25) is 5.78 Å². The second-order valence-corrected chi connectivity index (χ2v) is 7.56. The summed E-state index contributed by atoms with van der Waals surface area (Å²) in [6.07, 6.45) is -1.04. The average Bonchev–Trinajstić information content (AvgIpc) is 2.91. The highest BCUT2D eigenvalue weighted by atomic mass is 16.5. The van der Waals surface area contributed by atoms with Crippen molar-refractivity contribution in [2.75, 3.05) is 7.11 Å². The minimum absolute atomic E-state index is 0.276. The standard InChI is InChI=1S/C29H24O5/c1-32-25-14-8-9-15-26(25)33-20-21-16-18-24(19-17-21)29(31)34-28(23-12-6-3-7-13-23)27(30)22-10-4-2-5-11-22/h2-19,28H,20H2,1H3/t28-/m0/s1. The van der Waals surface area contributed by atoms with Gasteiger partial charge >= 0.3 is 5.97 Å². The number of Topliss-reactive ketones (excluding diaryl/α,β-unsaturated/α-hetero) is 1. The van der Waals surface area contributed by atoms with Gasteiger partial charge in [-0.1, -0.05) is 84.9 Å². The number of carbonyl (C=O) groups excluding carboxylic acids is 2. The van der Waals surface area contributed by atoms with E-state index in [9.17, 15) is 9.59 Å². The van der Waals surface area contributed by atoms with Crippen LogP contribution >= 0.6 is 0 Å². The molecule has 0 saturated carbocycles. The summed E-state index contributed by atoms with van der Waals surface area (Å²) in [6.45, 7) is 0.314. The minimum atomic E-state index is -1.04. The predicted octanol–water partition coefficient (Wildman–Crippen LogP) is 6.06. The first-order chi connectivity index (χ1) is 16.7. The van der Waals surface area contributed by atoms with Crippen LogP contribution in [0.2, 0.25) is 0 Å². The highest BCUT2D eigenvalue weighted by molar-refractivity contribution is 6.02. The highest BCUT2D eigenvalue weighted by Gasteiger charge is 2.26. The molecule has 4 aromatic carbocycles. The topological polar surface area (TPSA) is 61.8 Å². The van der Waals surface area contributed by atoms with Gasteiger partial charge in [-0.15, -0.1) is 0 Å². The third-order valence-corrected chi connectivity index (χ3v) is 5.28. The fourth-order valence-corrected chi connectivity index (χ4v) is 3.47. The minimum Gasteiger partial charge on any atom is -0.493 e. The fourth-order valence-electron chi connectivity index (χ4n) is 3.47. The lowest BCUT2D eigenvalue weighted by Gasteiger charge is -2.17. The lowest BCUT2D eigenvalue weighted by molar-refractivity contribution is 0.0280. The van der Waals surface area contributed by atoms with Gasteiger partial charge in [0.1, 0.15) is 6.61 Å². The molecule has 4 rings (SSSR count). The molecular formula is C29H24O5. The first-order valence-corrected chi connectivity index (χ1v) is 10.9. The Morgan fingerprint density at radius 3 is 1.91 bits per heavy atom. The van der Waals surface area contributed by atoms with E-state index >= 15 is 0 Å². The van der Waals surface area contributed by atoms with Gasteiger partial charge in [-0.3, -0.25) is 4.79 Å². The van der Waals surface area contributed by atoms with Crippen LogP contribution in [0, 0.1) is 0 Å². The molecule has 170 valence electrons. The largest absolute Gasteiger partial charge is 0.493 e. The molecule has 0 heterocycles. The molecule has 0 aromatic heterocycles. The Morgan fingerprint density at radius 2 is 1.26 bits per heavy atom. The Morgan fingerprint density at radius 1 is 0.676 bits per heavy atom. The predicted molar refractivity (Wildman–Crippen MR) is 129 cm³/mol. The summed E-state index contributed by atoms with van der Waals surface area (Å²) in [5.41, 5.74) is 2.32. The molecular weight excluding hydrogens is 428 g/mol. The van der Waals surface area contributed by atoms with Gasteiger partial charge in [0, 0.05) is 11.1 Å². The molecule has 5 heteroatoms. The van der Waals surface area contributed by atoms with Gasteiger partial charge < -0.3 is 14.2 Å². The van der Waals surface area contributed by atoms with Gasteiger partial charge in [-0.05, 0) is 29.8 Å². The number of hydrogen-bond donors (Lipinski definition) is 0. The monoisotopic (exact) mass is 452 g/mol. The Kier molecular flexibility index (Phi) is 7.35. The maximum Gasteiger partial charge on any atom is 0.339 e. The van der Waals surface area contributed by atoms with E-state index in [2.05, 4.69) is 0 Å². The summed E-state index contributed by atoms with van der Waals surface area (Å²) in [7, 11) is 1.59. The molecule has 0 aliphatic heterocycles. The molecule has 0 aliphatic carbocycles. The zero-order valence-electron chi connectivity index (χ0n) is 18.7. The molecule has 0 spiro atoms. The van der Waals surface area contributed by atoms with Crippen molar-refractivity contribution in [1.82, 2.24) is 0 Å². The Balaban J connectivity index is 1.47. The number of ether oxygens (including phenoxy) is 3. The molecule has 4 aromatic rings. The number of carbonyl (C=O) groups is 2. The van der Waals surface area contributed by atoms with Crippen molar-refractivity contribution >= 4 is 11.8 Å². The SMILES string of the molecule is COc1ccccc1OCc1ccc(C(=O)O[C@H](C(=O)c2ccccc2)c2ccccc2)cc1. The first-order valence-electron chi connectivity index (χ1n) is 10.9. The van der Waals surface area contributed by atoms with Crippen molar-refractivity contribution in [1.29, 1.82) is 0 Å². The van der Waals surface area contributed by atoms with Crippen LogP contribution in [0.1, 0.15) is 37.9 Å². The third kappa shape index (κ3) is 5.51. The summed E-state index contributed by atoms with van der Waals surface area (Å²) in [5, 5.41) is 0. The molecule has 0 radical (unpaired) electrons. The molecule has 34 heavy (non-hydrogen) atoms. The lowest BCUT2D eigenvalue weighted by Crippen LogP contribution is -2.20. The van der Waals surface area contributed by atoms with Gasteiger partial charge in [-0.2, -0.15) is 0 Å². The van der Waals surface area contributed by atoms with Crippen LogP contribution in [0.15, 0.2) is 109 Å². The van der Waals surface area contributed by atoms with E-state index in [-0.39, 0.29) is 5.78 Å². The van der Waals surface area contributed by atoms with Crippen LogP contribution in [-0.2, 0) is 11.3 Å². The number of rotatable bonds is 9. The molecule has 0 saturated heterocycles. The van der Waals surface area contributed by atoms with Crippen LogP contribution in [0.4, 0.5) is 0 Å². The van der Waals surface area contributed by atoms with Crippen molar-refractivity contribution < 1.29 is 23.8 Å². The van der Waals surface area contributed by atoms with Crippen LogP contribution < -0.4 is 9.47 Å². The Hall–Kier alpha value is -4.38. The van der Waals surface area contributed by atoms with Crippen LogP contribution in [0.3, 0.4) is 0 Å². The van der Waals surface area contributed by atoms with Gasteiger partial charge in [0.05, 0.1) is 12.7 Å². The molecule has 0 fully saturated rings. The van der Waals surface area contributed by atoms with E-state index < -0.39 is 12.1 Å². The number of methoxy groups -OCH3 is 1. The van der Waals surface area contributed by atoms with Crippen molar-refractivity contribution in [2.45, 2.75) is 12.7 Å². The number of esters is 1. The summed E-state index contributed by atoms with van der Waals surface area (Å²) in [6, 6.07) is 32.2. The van der Waals surface area contributed by atoms with Gasteiger partial charge in [-0.25, -0.2) is 4.79 Å². The maximum absolute atomic E-state index is 13.1. The van der Waals surface area contributed by atoms with E-state index in [0.717, 1.165) is 5.56 Å². The van der Waals surface area contributed by atoms with Gasteiger partial charge in [0.15, 0.2) is 17.6 Å². The molecule has 5 nitrogen and oxygen atoms in total. The number of para-hydroxylation sites is 2.